The highest BCUT2D eigenvalue weighted by atomic mass is 79.9. The van der Waals surface area contributed by atoms with Crippen LogP contribution in [0.1, 0.15) is 11.1 Å². The summed E-state index contributed by atoms with van der Waals surface area (Å²) in [5.41, 5.74) is 1.85. The summed E-state index contributed by atoms with van der Waals surface area (Å²) < 4.78 is 13.8. The van der Waals surface area contributed by atoms with Crippen molar-refractivity contribution < 1.29 is 9.18 Å². The Kier molecular flexibility index (Phi) is 3.66. The standard InChI is InChI=1S/C16H10BrFN2O/c17-13-4-2-1-3-11(13)9-14-16(21)20-15(19-14)10-5-7-12(18)8-6-10/h1-9H,(H,19,20,21)/b14-9-. The number of carbonyl (C=O) groups excluding carboxylic acids is 1. The van der Waals surface area contributed by atoms with Crippen LogP contribution < -0.4 is 5.32 Å². The molecule has 0 spiro atoms. The minimum Gasteiger partial charge on any atom is -0.305 e. The molecule has 1 amide bonds. The maximum atomic E-state index is 12.9. The summed E-state index contributed by atoms with van der Waals surface area (Å²) in [6.45, 7) is 0. The van der Waals surface area contributed by atoms with Gasteiger partial charge in [0, 0.05) is 10.0 Å². The Morgan fingerprint density at radius 3 is 2.52 bits per heavy atom. The summed E-state index contributed by atoms with van der Waals surface area (Å²) in [5, 5.41) is 2.68. The summed E-state index contributed by atoms with van der Waals surface area (Å²) in [4.78, 5) is 16.2. The number of rotatable bonds is 2. The van der Waals surface area contributed by atoms with Gasteiger partial charge in [-0.1, -0.05) is 34.1 Å². The van der Waals surface area contributed by atoms with E-state index in [0.717, 1.165) is 10.0 Å². The van der Waals surface area contributed by atoms with E-state index >= 15 is 0 Å². The van der Waals surface area contributed by atoms with E-state index in [2.05, 4.69) is 26.2 Å². The van der Waals surface area contributed by atoms with Crippen molar-refractivity contribution >= 4 is 33.7 Å². The Bertz CT molecular complexity index is 766. The van der Waals surface area contributed by atoms with E-state index in [9.17, 15) is 9.18 Å². The molecule has 0 saturated carbocycles. The van der Waals surface area contributed by atoms with Gasteiger partial charge in [0.15, 0.2) is 0 Å². The van der Waals surface area contributed by atoms with Crippen LogP contribution in [0.3, 0.4) is 0 Å². The molecule has 21 heavy (non-hydrogen) atoms. The van der Waals surface area contributed by atoms with Gasteiger partial charge in [-0.3, -0.25) is 4.79 Å². The minimum atomic E-state index is -0.326. The Balaban J connectivity index is 1.96. The van der Waals surface area contributed by atoms with Crippen LogP contribution in [0.4, 0.5) is 4.39 Å². The maximum Gasteiger partial charge on any atom is 0.275 e. The normalized spacial score (nSPS) is 16.0. The van der Waals surface area contributed by atoms with Crippen molar-refractivity contribution in [3.8, 4) is 0 Å². The Hall–Kier alpha value is -2.27. The summed E-state index contributed by atoms with van der Waals surface area (Å²) in [7, 11) is 0. The number of amidine groups is 1. The fourth-order valence-electron chi connectivity index (χ4n) is 1.95. The lowest BCUT2D eigenvalue weighted by Crippen LogP contribution is -2.24. The Morgan fingerprint density at radius 1 is 1.10 bits per heavy atom. The van der Waals surface area contributed by atoms with E-state index in [0.29, 0.717) is 17.1 Å². The van der Waals surface area contributed by atoms with Crippen molar-refractivity contribution in [1.82, 2.24) is 5.32 Å². The summed E-state index contributed by atoms with van der Waals surface area (Å²) in [6.07, 6.45) is 1.70. The molecule has 104 valence electrons. The number of benzene rings is 2. The van der Waals surface area contributed by atoms with Gasteiger partial charge in [0.2, 0.25) is 0 Å². The van der Waals surface area contributed by atoms with Crippen molar-refractivity contribution in [3.63, 3.8) is 0 Å². The molecule has 3 nitrogen and oxygen atoms in total. The second-order valence-corrected chi connectivity index (χ2v) is 5.33. The van der Waals surface area contributed by atoms with Crippen LogP contribution >= 0.6 is 15.9 Å². The average Bonchev–Trinajstić information content (AvgIpc) is 2.83. The van der Waals surface area contributed by atoms with E-state index in [1.165, 1.54) is 12.1 Å². The molecule has 3 rings (SSSR count). The molecule has 0 radical (unpaired) electrons. The third kappa shape index (κ3) is 2.92. The molecule has 1 N–H and O–H groups in total. The lowest BCUT2D eigenvalue weighted by atomic mass is 10.2. The zero-order chi connectivity index (χ0) is 14.8. The quantitative estimate of drug-likeness (QED) is 0.832. The number of amides is 1. The predicted molar refractivity (Wildman–Crippen MR) is 83.2 cm³/mol. The van der Waals surface area contributed by atoms with Crippen LogP contribution in [0.5, 0.6) is 0 Å². The summed E-state index contributed by atoms with van der Waals surface area (Å²) in [6, 6.07) is 13.4. The topological polar surface area (TPSA) is 41.5 Å². The number of carbonyl (C=O) groups is 1. The van der Waals surface area contributed by atoms with E-state index in [1.54, 1.807) is 18.2 Å². The van der Waals surface area contributed by atoms with Gasteiger partial charge in [0.05, 0.1) is 0 Å². The molecular weight excluding hydrogens is 335 g/mol. The molecule has 0 aromatic heterocycles. The molecular formula is C16H10BrFN2O. The number of hydrogen-bond donors (Lipinski definition) is 1. The molecule has 0 aliphatic carbocycles. The van der Waals surface area contributed by atoms with E-state index < -0.39 is 0 Å². The predicted octanol–water partition coefficient (Wildman–Crippen LogP) is 3.51. The van der Waals surface area contributed by atoms with Gasteiger partial charge in [-0.25, -0.2) is 9.38 Å². The van der Waals surface area contributed by atoms with Gasteiger partial charge in [-0.05, 0) is 42.0 Å². The molecule has 5 heteroatoms. The average molecular weight is 345 g/mol. The van der Waals surface area contributed by atoms with Crippen molar-refractivity contribution in [1.29, 1.82) is 0 Å². The smallest absolute Gasteiger partial charge is 0.275 e. The lowest BCUT2D eigenvalue weighted by molar-refractivity contribution is -0.115. The van der Waals surface area contributed by atoms with Gasteiger partial charge in [0.25, 0.3) is 5.91 Å². The van der Waals surface area contributed by atoms with Gasteiger partial charge < -0.3 is 5.32 Å². The van der Waals surface area contributed by atoms with Gasteiger partial charge in [-0.2, -0.15) is 0 Å². The number of hydrogen-bond acceptors (Lipinski definition) is 2. The van der Waals surface area contributed by atoms with Crippen LogP contribution in [-0.4, -0.2) is 11.7 Å². The molecule has 2 aromatic rings. The van der Waals surface area contributed by atoms with Crippen LogP contribution in [0.2, 0.25) is 0 Å². The van der Waals surface area contributed by atoms with Crippen LogP contribution in [0.25, 0.3) is 6.08 Å². The van der Waals surface area contributed by atoms with Crippen LogP contribution in [-0.2, 0) is 4.79 Å². The SMILES string of the molecule is O=C1NC(c2ccc(F)cc2)=N/C1=C\c1ccccc1Br. The Labute approximate surface area is 129 Å². The van der Waals surface area contributed by atoms with E-state index in [1.807, 2.05) is 24.3 Å². The van der Waals surface area contributed by atoms with Crippen molar-refractivity contribution in [3.05, 3.63) is 75.6 Å². The molecule has 0 saturated heterocycles. The van der Waals surface area contributed by atoms with E-state index in [-0.39, 0.29) is 11.7 Å². The second kappa shape index (κ2) is 5.61. The molecule has 0 fully saturated rings. The second-order valence-electron chi connectivity index (χ2n) is 4.47. The maximum absolute atomic E-state index is 12.9. The van der Waals surface area contributed by atoms with Crippen LogP contribution in [0, 0.1) is 5.82 Å². The zero-order valence-electron chi connectivity index (χ0n) is 10.8. The van der Waals surface area contributed by atoms with Crippen molar-refractivity contribution in [2.45, 2.75) is 0 Å². The minimum absolute atomic E-state index is 0.273. The summed E-state index contributed by atoms with van der Waals surface area (Å²) in [5.74, 6) is -0.170. The molecule has 2 aromatic carbocycles. The van der Waals surface area contributed by atoms with Crippen molar-refractivity contribution in [2.24, 2.45) is 4.99 Å². The molecule has 0 bridgehead atoms. The molecule has 1 heterocycles. The first-order chi connectivity index (χ1) is 10.1. The van der Waals surface area contributed by atoms with Crippen molar-refractivity contribution in [2.75, 3.05) is 0 Å². The first-order valence-electron chi connectivity index (χ1n) is 6.26. The molecule has 1 aliphatic rings. The third-order valence-corrected chi connectivity index (χ3v) is 3.73. The fraction of sp³-hybridized carbons (Fsp3) is 0. The van der Waals surface area contributed by atoms with Gasteiger partial charge in [0.1, 0.15) is 17.3 Å². The van der Waals surface area contributed by atoms with Crippen LogP contribution in [0.15, 0.2) is 63.7 Å². The largest absolute Gasteiger partial charge is 0.305 e. The number of halogens is 2. The molecule has 0 atom stereocenters. The number of nitrogens with zero attached hydrogens (tertiary/aromatic N) is 1. The molecule has 0 unspecified atom stereocenters. The Morgan fingerprint density at radius 2 is 1.81 bits per heavy atom. The highest BCUT2D eigenvalue weighted by molar-refractivity contribution is 9.10. The lowest BCUT2D eigenvalue weighted by Gasteiger charge is -1.99. The number of nitrogens with one attached hydrogen (secondary N) is 1. The molecule has 1 aliphatic heterocycles. The zero-order valence-corrected chi connectivity index (χ0v) is 12.4. The van der Waals surface area contributed by atoms with Gasteiger partial charge >= 0.3 is 0 Å². The highest BCUT2D eigenvalue weighted by Crippen LogP contribution is 2.21. The summed E-state index contributed by atoms with van der Waals surface area (Å²) >= 11 is 3.43. The van der Waals surface area contributed by atoms with Gasteiger partial charge in [-0.15, -0.1) is 0 Å². The first-order valence-corrected chi connectivity index (χ1v) is 7.05. The first kappa shape index (κ1) is 13.7. The fourth-order valence-corrected chi connectivity index (χ4v) is 2.35. The highest BCUT2D eigenvalue weighted by Gasteiger charge is 2.21. The number of aliphatic imine (C=N–C) groups is 1. The van der Waals surface area contributed by atoms with E-state index in [4.69, 9.17) is 0 Å². The third-order valence-electron chi connectivity index (χ3n) is 3.01. The monoisotopic (exact) mass is 344 g/mol.